The third-order valence-electron chi connectivity index (χ3n) is 5.81. The van der Waals surface area contributed by atoms with Gasteiger partial charge in [-0.25, -0.2) is 4.98 Å². The van der Waals surface area contributed by atoms with Gasteiger partial charge >= 0.3 is 5.91 Å². The highest BCUT2D eigenvalue weighted by molar-refractivity contribution is 7.22. The highest BCUT2D eigenvalue weighted by atomic mass is 32.1. The van der Waals surface area contributed by atoms with Crippen LogP contribution in [0.1, 0.15) is 42.0 Å². The van der Waals surface area contributed by atoms with Gasteiger partial charge in [0.05, 0.1) is 22.4 Å². The van der Waals surface area contributed by atoms with Gasteiger partial charge < -0.3 is 14.3 Å². The van der Waals surface area contributed by atoms with Crippen molar-refractivity contribution in [2.45, 2.75) is 33.2 Å². The summed E-state index contributed by atoms with van der Waals surface area (Å²) in [6.45, 7) is 6.36. The standard InChI is InChI=1S/C27H24N2O5S/c1-4-13-33-18-9-7-17(8-10-18)24(30)22-23(20-12-6-16(3)34-20)29(26(32)25(22)31)27-28-19-11-5-15(2)14-21(19)35-27/h5-12,14,23,30H,4,13H2,1-3H3. The number of hydrogen-bond donors (Lipinski definition) is 1. The number of ether oxygens (including phenoxy) is 1. The van der Waals surface area contributed by atoms with Gasteiger partial charge in [-0.1, -0.05) is 24.3 Å². The Hall–Kier alpha value is -3.91. The molecule has 7 nitrogen and oxygen atoms in total. The Labute approximate surface area is 206 Å². The fourth-order valence-corrected chi connectivity index (χ4v) is 5.20. The Bertz CT molecular complexity index is 1460. The summed E-state index contributed by atoms with van der Waals surface area (Å²) < 4.78 is 12.4. The SMILES string of the molecule is CCCOc1ccc(C(O)=C2C(=O)C(=O)N(c3nc4ccc(C)cc4s3)C2c2ccc(C)o2)cc1. The van der Waals surface area contributed by atoms with Crippen LogP contribution in [0.4, 0.5) is 5.13 Å². The van der Waals surface area contributed by atoms with Crippen LogP contribution < -0.4 is 9.64 Å². The summed E-state index contributed by atoms with van der Waals surface area (Å²) in [5.41, 5.74) is 2.16. The van der Waals surface area contributed by atoms with Gasteiger partial charge in [0.25, 0.3) is 5.78 Å². The van der Waals surface area contributed by atoms with Crippen LogP contribution in [0.3, 0.4) is 0 Å². The third-order valence-corrected chi connectivity index (χ3v) is 6.83. The van der Waals surface area contributed by atoms with Crippen LogP contribution in [0.25, 0.3) is 16.0 Å². The molecule has 5 rings (SSSR count). The molecular weight excluding hydrogens is 464 g/mol. The van der Waals surface area contributed by atoms with Gasteiger partial charge in [-0.2, -0.15) is 0 Å². The lowest BCUT2D eigenvalue weighted by atomic mass is 9.99. The molecule has 1 amide bonds. The molecule has 1 unspecified atom stereocenters. The minimum absolute atomic E-state index is 0.0398. The minimum Gasteiger partial charge on any atom is -0.507 e. The van der Waals surface area contributed by atoms with Crippen LogP contribution in [0, 0.1) is 13.8 Å². The topological polar surface area (TPSA) is 92.9 Å². The van der Waals surface area contributed by atoms with Crippen molar-refractivity contribution >= 4 is 44.1 Å². The molecule has 3 heterocycles. The first-order valence-corrected chi connectivity index (χ1v) is 12.2. The maximum Gasteiger partial charge on any atom is 0.302 e. The molecule has 2 aromatic heterocycles. The van der Waals surface area contributed by atoms with Crippen molar-refractivity contribution < 1.29 is 23.8 Å². The van der Waals surface area contributed by atoms with E-state index >= 15 is 0 Å². The molecular formula is C27H24N2O5S. The van der Waals surface area contributed by atoms with Crippen molar-refractivity contribution in [3.05, 3.63) is 82.8 Å². The Morgan fingerprint density at radius 2 is 1.89 bits per heavy atom. The summed E-state index contributed by atoms with van der Waals surface area (Å²) in [6.07, 6.45) is 0.874. The van der Waals surface area contributed by atoms with E-state index in [0.29, 0.717) is 34.6 Å². The number of carbonyl (C=O) groups is 2. The van der Waals surface area contributed by atoms with Crippen LogP contribution >= 0.6 is 11.3 Å². The Balaban J connectivity index is 1.63. The van der Waals surface area contributed by atoms with E-state index in [1.807, 2.05) is 32.0 Å². The lowest BCUT2D eigenvalue weighted by molar-refractivity contribution is -0.132. The summed E-state index contributed by atoms with van der Waals surface area (Å²) in [5.74, 6) is -0.159. The average Bonchev–Trinajstić information content (AvgIpc) is 3.53. The number of nitrogens with zero attached hydrogens (tertiary/aromatic N) is 2. The number of fused-ring (bicyclic) bond motifs is 1. The first-order valence-electron chi connectivity index (χ1n) is 11.3. The van der Waals surface area contributed by atoms with Crippen molar-refractivity contribution in [1.29, 1.82) is 0 Å². The molecule has 1 fully saturated rings. The molecule has 4 aromatic rings. The smallest absolute Gasteiger partial charge is 0.302 e. The number of aromatic nitrogens is 1. The van der Waals surface area contributed by atoms with E-state index in [2.05, 4.69) is 4.98 Å². The molecule has 2 aromatic carbocycles. The van der Waals surface area contributed by atoms with Crippen molar-refractivity contribution in [2.75, 3.05) is 11.5 Å². The number of anilines is 1. The van der Waals surface area contributed by atoms with Gasteiger partial charge in [-0.3, -0.25) is 14.5 Å². The van der Waals surface area contributed by atoms with Crippen LogP contribution in [0.15, 0.2) is 64.6 Å². The lowest BCUT2D eigenvalue weighted by Crippen LogP contribution is -2.29. The van der Waals surface area contributed by atoms with Gasteiger partial charge in [-0.15, -0.1) is 0 Å². The van der Waals surface area contributed by atoms with E-state index in [1.54, 1.807) is 43.3 Å². The largest absolute Gasteiger partial charge is 0.507 e. The fourth-order valence-electron chi connectivity index (χ4n) is 4.11. The van der Waals surface area contributed by atoms with Gasteiger partial charge in [0, 0.05) is 5.56 Å². The Kier molecular flexibility index (Phi) is 5.90. The quantitative estimate of drug-likeness (QED) is 0.206. The van der Waals surface area contributed by atoms with E-state index in [0.717, 1.165) is 22.2 Å². The molecule has 1 saturated heterocycles. The summed E-state index contributed by atoms with van der Waals surface area (Å²) in [6, 6.07) is 15.1. The summed E-state index contributed by atoms with van der Waals surface area (Å²) in [7, 11) is 0. The monoisotopic (exact) mass is 488 g/mol. The zero-order valence-corrected chi connectivity index (χ0v) is 20.4. The predicted octanol–water partition coefficient (Wildman–Crippen LogP) is 5.92. The molecule has 1 aliphatic heterocycles. The number of amides is 1. The maximum absolute atomic E-state index is 13.3. The zero-order chi connectivity index (χ0) is 24.7. The Morgan fingerprint density at radius 3 is 2.57 bits per heavy atom. The second-order valence-electron chi connectivity index (χ2n) is 8.46. The number of aliphatic hydroxyl groups excluding tert-OH is 1. The molecule has 0 spiro atoms. The van der Waals surface area contributed by atoms with Gasteiger partial charge in [0.15, 0.2) is 5.13 Å². The summed E-state index contributed by atoms with van der Waals surface area (Å²) in [5, 5.41) is 11.6. The molecule has 0 aliphatic carbocycles. The van der Waals surface area contributed by atoms with Crippen LogP contribution in [0.5, 0.6) is 5.75 Å². The van der Waals surface area contributed by atoms with E-state index in [4.69, 9.17) is 9.15 Å². The van der Waals surface area contributed by atoms with E-state index < -0.39 is 17.7 Å². The van der Waals surface area contributed by atoms with Gasteiger partial charge in [-0.05, 0) is 74.4 Å². The maximum atomic E-state index is 13.3. The predicted molar refractivity (Wildman–Crippen MR) is 135 cm³/mol. The van der Waals surface area contributed by atoms with Crippen LogP contribution in [0.2, 0.25) is 0 Å². The van der Waals surface area contributed by atoms with E-state index in [9.17, 15) is 14.7 Å². The van der Waals surface area contributed by atoms with Crippen LogP contribution in [-0.4, -0.2) is 28.4 Å². The molecule has 1 atom stereocenters. The van der Waals surface area contributed by atoms with Crippen LogP contribution in [-0.2, 0) is 9.59 Å². The molecule has 0 radical (unpaired) electrons. The highest BCUT2D eigenvalue weighted by Gasteiger charge is 2.49. The van der Waals surface area contributed by atoms with Gasteiger partial charge in [0.2, 0.25) is 0 Å². The molecule has 0 saturated carbocycles. The molecule has 35 heavy (non-hydrogen) atoms. The number of furan rings is 1. The minimum atomic E-state index is -0.943. The first-order chi connectivity index (χ1) is 16.9. The molecule has 1 aliphatic rings. The second-order valence-corrected chi connectivity index (χ2v) is 9.47. The third kappa shape index (κ3) is 4.10. The summed E-state index contributed by atoms with van der Waals surface area (Å²) >= 11 is 1.32. The van der Waals surface area contributed by atoms with E-state index in [1.165, 1.54) is 16.2 Å². The highest BCUT2D eigenvalue weighted by Crippen LogP contribution is 2.44. The number of aryl methyl sites for hydroxylation is 2. The van der Waals surface area contributed by atoms with Crippen molar-refractivity contribution in [3.63, 3.8) is 0 Å². The second kappa shape index (κ2) is 9.03. The number of ketones is 1. The summed E-state index contributed by atoms with van der Waals surface area (Å²) in [4.78, 5) is 32.5. The lowest BCUT2D eigenvalue weighted by Gasteiger charge is -2.20. The molecule has 0 bridgehead atoms. The number of aliphatic hydroxyl groups is 1. The molecule has 1 N–H and O–H groups in total. The molecule has 8 heteroatoms. The number of carbonyl (C=O) groups excluding carboxylic acids is 2. The van der Waals surface area contributed by atoms with Crippen molar-refractivity contribution in [1.82, 2.24) is 4.98 Å². The zero-order valence-electron chi connectivity index (χ0n) is 19.6. The fraction of sp³-hybridized carbons (Fsp3) is 0.222. The number of rotatable bonds is 6. The number of benzene rings is 2. The average molecular weight is 489 g/mol. The number of thiazole rings is 1. The normalized spacial score (nSPS) is 17.5. The van der Waals surface area contributed by atoms with Crippen molar-refractivity contribution in [2.24, 2.45) is 0 Å². The van der Waals surface area contributed by atoms with Crippen molar-refractivity contribution in [3.8, 4) is 5.75 Å². The number of Topliss-reactive ketones (excluding diaryl/α,β-unsaturated/α-hetero) is 1. The molecule has 178 valence electrons. The Morgan fingerprint density at radius 1 is 1.11 bits per heavy atom. The van der Waals surface area contributed by atoms with Gasteiger partial charge in [0.1, 0.15) is 29.1 Å². The van der Waals surface area contributed by atoms with E-state index in [-0.39, 0.29) is 11.3 Å². The number of hydrogen-bond acceptors (Lipinski definition) is 7. The first kappa shape index (κ1) is 22.9.